The molecular weight excluding hydrogens is 396 g/mol. The number of carbonyl (C=O) groups excluding carboxylic acids is 2. The van der Waals surface area contributed by atoms with Crippen LogP contribution in [-0.4, -0.2) is 47.2 Å². The van der Waals surface area contributed by atoms with Crippen LogP contribution in [0.3, 0.4) is 0 Å². The van der Waals surface area contributed by atoms with Gasteiger partial charge in [0, 0.05) is 18.7 Å². The lowest BCUT2D eigenvalue weighted by atomic mass is 10.0. The molecule has 4 N–H and O–H groups in total. The highest BCUT2D eigenvalue weighted by atomic mass is 16.5. The number of amides is 2. The molecule has 0 radical (unpaired) electrons. The molecule has 2 aromatic carbocycles. The Kier molecular flexibility index (Phi) is 7.23. The molecule has 8 nitrogen and oxygen atoms in total. The standard InChI is InChI=1S/C23H26N4O4/c24-14-17-4-6-18(7-5-17)15-31-20-10-8-19(9-11-20)21(28)26-16-23(30,22(25)29)27-12-2-1-3-13-27/h4-11,30H,1-3,12-13,15-16H2,(H2,25,29)(H,26,28). The van der Waals surface area contributed by atoms with Crippen molar-refractivity contribution in [2.45, 2.75) is 31.6 Å². The number of likely N-dealkylation sites (tertiary alicyclic amines) is 1. The van der Waals surface area contributed by atoms with E-state index in [4.69, 9.17) is 15.7 Å². The number of piperidine rings is 1. The number of primary amides is 1. The highest BCUT2D eigenvalue weighted by Gasteiger charge is 2.41. The first-order chi connectivity index (χ1) is 14.9. The second-order valence-electron chi connectivity index (χ2n) is 7.53. The quantitative estimate of drug-likeness (QED) is 0.592. The highest BCUT2D eigenvalue weighted by Crippen LogP contribution is 2.19. The van der Waals surface area contributed by atoms with Crippen LogP contribution in [0, 0.1) is 11.3 Å². The molecule has 1 unspecified atom stereocenters. The van der Waals surface area contributed by atoms with Crippen LogP contribution < -0.4 is 15.8 Å². The van der Waals surface area contributed by atoms with Crippen LogP contribution in [0.15, 0.2) is 48.5 Å². The van der Waals surface area contributed by atoms with Gasteiger partial charge >= 0.3 is 0 Å². The Hall–Kier alpha value is -3.41. The molecule has 0 aromatic heterocycles. The number of ether oxygens (including phenoxy) is 1. The summed E-state index contributed by atoms with van der Waals surface area (Å²) in [5, 5.41) is 22.2. The molecule has 31 heavy (non-hydrogen) atoms. The Morgan fingerprint density at radius 3 is 2.32 bits per heavy atom. The van der Waals surface area contributed by atoms with Gasteiger partial charge in [0.15, 0.2) is 0 Å². The minimum Gasteiger partial charge on any atom is -0.489 e. The second-order valence-corrected chi connectivity index (χ2v) is 7.53. The van der Waals surface area contributed by atoms with Gasteiger partial charge in [0.25, 0.3) is 11.8 Å². The molecule has 1 heterocycles. The summed E-state index contributed by atoms with van der Waals surface area (Å²) in [6.07, 6.45) is 2.78. The van der Waals surface area contributed by atoms with E-state index in [0.29, 0.717) is 36.6 Å². The monoisotopic (exact) mass is 422 g/mol. The average molecular weight is 422 g/mol. The van der Waals surface area contributed by atoms with Crippen molar-refractivity contribution in [3.8, 4) is 11.8 Å². The molecule has 3 rings (SSSR count). The lowest BCUT2D eigenvalue weighted by Gasteiger charge is -2.39. The fourth-order valence-electron chi connectivity index (χ4n) is 3.47. The van der Waals surface area contributed by atoms with Crippen molar-refractivity contribution in [3.05, 3.63) is 65.2 Å². The van der Waals surface area contributed by atoms with E-state index in [0.717, 1.165) is 24.8 Å². The van der Waals surface area contributed by atoms with Crippen LogP contribution >= 0.6 is 0 Å². The van der Waals surface area contributed by atoms with Gasteiger partial charge in [-0.15, -0.1) is 0 Å². The largest absolute Gasteiger partial charge is 0.489 e. The number of rotatable bonds is 8. The molecular formula is C23H26N4O4. The first-order valence-corrected chi connectivity index (χ1v) is 10.2. The van der Waals surface area contributed by atoms with Crippen LogP contribution in [0.4, 0.5) is 0 Å². The fraction of sp³-hybridized carbons (Fsp3) is 0.348. The number of aliphatic hydroxyl groups is 1. The van der Waals surface area contributed by atoms with E-state index in [2.05, 4.69) is 11.4 Å². The van der Waals surface area contributed by atoms with Gasteiger partial charge in [-0.3, -0.25) is 14.5 Å². The molecule has 1 fully saturated rings. The molecule has 2 aromatic rings. The molecule has 0 bridgehead atoms. The number of nitriles is 1. The number of hydrogen-bond donors (Lipinski definition) is 3. The van der Waals surface area contributed by atoms with Gasteiger partial charge in [-0.1, -0.05) is 18.6 Å². The molecule has 0 spiro atoms. The van der Waals surface area contributed by atoms with Gasteiger partial charge < -0.3 is 20.9 Å². The second kappa shape index (κ2) is 10.1. The Morgan fingerprint density at radius 2 is 1.74 bits per heavy atom. The predicted octanol–water partition coefficient (Wildman–Crippen LogP) is 1.53. The zero-order valence-corrected chi connectivity index (χ0v) is 17.2. The van der Waals surface area contributed by atoms with E-state index in [9.17, 15) is 14.7 Å². The minimum absolute atomic E-state index is 0.280. The van der Waals surface area contributed by atoms with Gasteiger partial charge in [0.1, 0.15) is 12.4 Å². The van der Waals surface area contributed by atoms with Crippen LogP contribution in [0.25, 0.3) is 0 Å². The summed E-state index contributed by atoms with van der Waals surface area (Å²) in [7, 11) is 0. The smallest absolute Gasteiger partial charge is 0.266 e. The maximum absolute atomic E-state index is 12.5. The summed E-state index contributed by atoms with van der Waals surface area (Å²) in [4.78, 5) is 26.0. The molecule has 2 amide bonds. The van der Waals surface area contributed by atoms with Crippen molar-refractivity contribution in [2.24, 2.45) is 5.73 Å². The summed E-state index contributed by atoms with van der Waals surface area (Å²) in [5.41, 5.74) is 5.41. The maximum Gasteiger partial charge on any atom is 0.266 e. The first kappa shape index (κ1) is 22.3. The predicted molar refractivity (Wildman–Crippen MR) is 114 cm³/mol. The minimum atomic E-state index is -1.90. The van der Waals surface area contributed by atoms with E-state index in [1.165, 1.54) is 0 Å². The number of benzene rings is 2. The summed E-state index contributed by atoms with van der Waals surface area (Å²) in [6, 6.07) is 15.7. The SMILES string of the molecule is N#Cc1ccc(COc2ccc(C(=O)NCC(O)(C(N)=O)N3CCCCC3)cc2)cc1. The Balaban J connectivity index is 1.55. The fourth-order valence-corrected chi connectivity index (χ4v) is 3.47. The third-order valence-corrected chi connectivity index (χ3v) is 5.37. The molecule has 8 heteroatoms. The van der Waals surface area contributed by atoms with Gasteiger partial charge in [-0.05, 0) is 54.8 Å². The topological polar surface area (TPSA) is 129 Å². The van der Waals surface area contributed by atoms with E-state index < -0.39 is 17.5 Å². The van der Waals surface area contributed by atoms with Gasteiger partial charge in [-0.25, -0.2) is 0 Å². The Morgan fingerprint density at radius 1 is 1.10 bits per heavy atom. The number of nitrogens with two attached hydrogens (primary N) is 1. The Bertz CT molecular complexity index is 947. The van der Waals surface area contributed by atoms with Gasteiger partial charge in [0.05, 0.1) is 18.2 Å². The van der Waals surface area contributed by atoms with E-state index in [1.54, 1.807) is 41.3 Å². The summed E-state index contributed by atoms with van der Waals surface area (Å²) in [6.45, 7) is 1.16. The van der Waals surface area contributed by atoms with Crippen molar-refractivity contribution in [1.82, 2.24) is 10.2 Å². The molecule has 162 valence electrons. The lowest BCUT2D eigenvalue weighted by Crippen LogP contribution is -2.64. The normalized spacial score (nSPS) is 16.0. The number of nitrogens with zero attached hydrogens (tertiary/aromatic N) is 2. The number of nitrogens with one attached hydrogen (secondary N) is 1. The van der Waals surface area contributed by atoms with Crippen LogP contribution in [0.1, 0.15) is 40.7 Å². The lowest BCUT2D eigenvalue weighted by molar-refractivity contribution is -0.161. The van der Waals surface area contributed by atoms with Crippen molar-refractivity contribution in [3.63, 3.8) is 0 Å². The van der Waals surface area contributed by atoms with Crippen LogP contribution in [0.2, 0.25) is 0 Å². The van der Waals surface area contributed by atoms with Crippen molar-refractivity contribution >= 4 is 11.8 Å². The van der Waals surface area contributed by atoms with Crippen LogP contribution in [-0.2, 0) is 11.4 Å². The maximum atomic E-state index is 12.5. The molecule has 0 saturated carbocycles. The van der Waals surface area contributed by atoms with Crippen molar-refractivity contribution < 1.29 is 19.4 Å². The first-order valence-electron chi connectivity index (χ1n) is 10.2. The number of carbonyl (C=O) groups is 2. The van der Waals surface area contributed by atoms with E-state index in [-0.39, 0.29) is 6.54 Å². The van der Waals surface area contributed by atoms with Gasteiger partial charge in [-0.2, -0.15) is 5.26 Å². The third kappa shape index (κ3) is 5.60. The van der Waals surface area contributed by atoms with Crippen molar-refractivity contribution in [2.75, 3.05) is 19.6 Å². The Labute approximate surface area is 181 Å². The van der Waals surface area contributed by atoms with Crippen molar-refractivity contribution in [1.29, 1.82) is 5.26 Å². The molecule has 1 atom stereocenters. The molecule has 1 aliphatic rings. The van der Waals surface area contributed by atoms with E-state index >= 15 is 0 Å². The average Bonchev–Trinajstić information content (AvgIpc) is 2.82. The number of hydrogen-bond acceptors (Lipinski definition) is 6. The summed E-state index contributed by atoms with van der Waals surface area (Å²) < 4.78 is 5.70. The van der Waals surface area contributed by atoms with E-state index in [1.807, 2.05) is 12.1 Å². The van der Waals surface area contributed by atoms with Crippen LogP contribution in [0.5, 0.6) is 5.75 Å². The zero-order valence-electron chi connectivity index (χ0n) is 17.2. The highest BCUT2D eigenvalue weighted by molar-refractivity contribution is 5.95. The molecule has 0 aliphatic carbocycles. The summed E-state index contributed by atoms with van der Waals surface area (Å²) >= 11 is 0. The summed E-state index contributed by atoms with van der Waals surface area (Å²) in [5.74, 6) is -0.709. The van der Waals surface area contributed by atoms with Gasteiger partial charge in [0.2, 0.25) is 5.72 Å². The molecule has 1 aliphatic heterocycles. The zero-order chi connectivity index (χ0) is 22.3. The third-order valence-electron chi connectivity index (χ3n) is 5.37. The molecule has 1 saturated heterocycles.